The van der Waals surface area contributed by atoms with E-state index in [2.05, 4.69) is 0 Å². The fraction of sp³-hybridized carbons (Fsp3) is 0. The highest BCUT2D eigenvalue weighted by Crippen LogP contribution is 1.99. The number of H-pyrrole nitrogens is 2. The van der Waals surface area contributed by atoms with Crippen molar-refractivity contribution in [3.8, 4) is 5.88 Å². The minimum absolute atomic E-state index is 0. The first-order valence-corrected chi connectivity index (χ1v) is 2.32. The predicted octanol–water partition coefficient (Wildman–Crippen LogP) is -1.92. The van der Waals surface area contributed by atoms with Gasteiger partial charge in [0, 0.05) is 0 Å². The lowest BCUT2D eigenvalue weighted by Crippen LogP contribution is -2.24. The van der Waals surface area contributed by atoms with E-state index >= 15 is 0 Å². The minimum Gasteiger partial charge on any atom is -0.492 e. The van der Waals surface area contributed by atoms with Gasteiger partial charge in [0.2, 0.25) is 11.7 Å². The molecule has 0 fully saturated rings. The second-order valence-corrected chi connectivity index (χ2v) is 1.57. The van der Waals surface area contributed by atoms with Crippen LogP contribution in [0.2, 0.25) is 0 Å². The molecule has 0 unspecified atom stereocenters. The van der Waals surface area contributed by atoms with Gasteiger partial charge in [-0.25, -0.2) is 4.79 Å². The summed E-state index contributed by atoms with van der Waals surface area (Å²) in [4.78, 5) is 23.7. The molecule has 1 aromatic heterocycles. The van der Waals surface area contributed by atoms with E-state index in [0.29, 0.717) is 0 Å². The molecule has 0 aliphatic rings. The summed E-state index contributed by atoms with van der Waals surface area (Å²) < 4.78 is 12.1. The molecule has 0 amide bonds. The third-order valence-electron chi connectivity index (χ3n) is 0.866. The second-order valence-electron chi connectivity index (χ2n) is 1.57. The average molecular weight is 164 g/mol. The van der Waals surface area contributed by atoms with E-state index in [4.69, 9.17) is 5.11 Å². The summed E-state index contributed by atoms with van der Waals surface area (Å²) in [5.41, 5.74) is -2.18. The maximum absolute atomic E-state index is 12.1. The number of nitrogens with one attached hydrogen (secondary N) is 2. The van der Waals surface area contributed by atoms with Crippen molar-refractivity contribution in [3.63, 3.8) is 0 Å². The summed E-state index contributed by atoms with van der Waals surface area (Å²) in [6.07, 6.45) is 0. The van der Waals surface area contributed by atoms with Crippen molar-refractivity contribution < 1.29 is 15.0 Å². The molecule has 0 aromatic carbocycles. The van der Waals surface area contributed by atoms with Crippen LogP contribution in [0.15, 0.2) is 9.59 Å². The van der Waals surface area contributed by atoms with Crippen LogP contribution >= 0.6 is 0 Å². The van der Waals surface area contributed by atoms with Gasteiger partial charge in [0.05, 0.1) is 0 Å². The van der Waals surface area contributed by atoms with Gasteiger partial charge in [-0.1, -0.05) is 0 Å². The summed E-state index contributed by atoms with van der Waals surface area (Å²) in [6, 6.07) is 0. The maximum atomic E-state index is 12.1. The highest BCUT2D eigenvalue weighted by atomic mass is 19.1. The van der Waals surface area contributed by atoms with Crippen LogP contribution < -0.4 is 11.2 Å². The Morgan fingerprint density at radius 1 is 1.27 bits per heavy atom. The monoisotopic (exact) mass is 164 g/mol. The zero-order chi connectivity index (χ0) is 7.72. The SMILES string of the molecule is O.O=c1[nH]c(O)c(F)c(=O)[nH]1. The lowest BCUT2D eigenvalue weighted by molar-refractivity contribution is 0.402. The van der Waals surface area contributed by atoms with E-state index in [1.807, 2.05) is 0 Å². The number of halogens is 1. The van der Waals surface area contributed by atoms with Gasteiger partial charge in [0.15, 0.2) is 0 Å². The van der Waals surface area contributed by atoms with Crippen molar-refractivity contribution in [3.05, 3.63) is 26.7 Å². The molecule has 7 heteroatoms. The second kappa shape index (κ2) is 2.97. The molecule has 1 heterocycles. The van der Waals surface area contributed by atoms with Crippen molar-refractivity contribution >= 4 is 0 Å². The molecule has 0 radical (unpaired) electrons. The quantitative estimate of drug-likeness (QED) is 0.414. The van der Waals surface area contributed by atoms with Gasteiger partial charge in [0.25, 0.3) is 5.56 Å². The lowest BCUT2D eigenvalue weighted by Gasteiger charge is -1.89. The summed E-state index contributed by atoms with van der Waals surface area (Å²) in [6.45, 7) is 0. The third kappa shape index (κ3) is 1.64. The summed E-state index contributed by atoms with van der Waals surface area (Å²) >= 11 is 0. The molecule has 6 nitrogen and oxygen atoms in total. The molecule has 0 atom stereocenters. The van der Waals surface area contributed by atoms with Crippen LogP contribution in [-0.4, -0.2) is 20.6 Å². The van der Waals surface area contributed by atoms with Gasteiger partial charge < -0.3 is 10.6 Å². The number of hydrogen-bond donors (Lipinski definition) is 3. The van der Waals surface area contributed by atoms with Crippen molar-refractivity contribution in [2.45, 2.75) is 0 Å². The van der Waals surface area contributed by atoms with Crippen molar-refractivity contribution in [2.24, 2.45) is 0 Å². The first kappa shape index (κ1) is 9.37. The molecule has 0 bridgehead atoms. The molecular weight excluding hydrogens is 159 g/mol. The zero-order valence-corrected chi connectivity index (χ0v) is 5.14. The molecule has 0 aliphatic carbocycles. The van der Waals surface area contributed by atoms with E-state index in [-0.39, 0.29) is 5.48 Å². The molecular formula is C4H5FN2O4. The highest BCUT2D eigenvalue weighted by molar-refractivity contribution is 5.05. The van der Waals surface area contributed by atoms with Crippen LogP contribution in [0.5, 0.6) is 5.88 Å². The van der Waals surface area contributed by atoms with E-state index in [0.717, 1.165) is 0 Å². The highest BCUT2D eigenvalue weighted by Gasteiger charge is 2.04. The Morgan fingerprint density at radius 3 is 2.27 bits per heavy atom. The Kier molecular flexibility index (Phi) is 2.53. The molecule has 0 saturated carbocycles. The van der Waals surface area contributed by atoms with Gasteiger partial charge >= 0.3 is 5.69 Å². The molecule has 0 aliphatic heterocycles. The zero-order valence-electron chi connectivity index (χ0n) is 5.14. The Morgan fingerprint density at radius 2 is 1.82 bits per heavy atom. The minimum atomic E-state index is -1.39. The van der Waals surface area contributed by atoms with Gasteiger partial charge in [-0.05, 0) is 0 Å². The summed E-state index contributed by atoms with van der Waals surface area (Å²) in [5, 5.41) is 8.43. The molecule has 0 spiro atoms. The van der Waals surface area contributed by atoms with Crippen molar-refractivity contribution in [1.82, 2.24) is 9.97 Å². The van der Waals surface area contributed by atoms with Gasteiger partial charge in [-0.2, -0.15) is 4.39 Å². The average Bonchev–Trinajstić information content (AvgIpc) is 1.82. The van der Waals surface area contributed by atoms with E-state index in [1.165, 1.54) is 0 Å². The summed E-state index contributed by atoms with van der Waals surface area (Å²) in [5.74, 6) is -2.44. The molecule has 0 saturated heterocycles. The Balaban J connectivity index is 0.000001000. The lowest BCUT2D eigenvalue weighted by atomic mass is 10.6. The number of aromatic nitrogens is 2. The van der Waals surface area contributed by atoms with Crippen LogP contribution in [0.25, 0.3) is 0 Å². The largest absolute Gasteiger partial charge is 0.492 e. The molecule has 11 heavy (non-hydrogen) atoms. The van der Waals surface area contributed by atoms with Crippen LogP contribution in [0.3, 0.4) is 0 Å². The van der Waals surface area contributed by atoms with Crippen molar-refractivity contribution in [1.29, 1.82) is 0 Å². The summed E-state index contributed by atoms with van der Waals surface area (Å²) in [7, 11) is 0. The Labute approximate surface area is 58.6 Å². The molecule has 5 N–H and O–H groups in total. The third-order valence-corrected chi connectivity index (χ3v) is 0.866. The number of rotatable bonds is 0. The van der Waals surface area contributed by atoms with Gasteiger partial charge in [-0.15, -0.1) is 0 Å². The number of aromatic amines is 2. The normalized spacial score (nSPS) is 8.82. The van der Waals surface area contributed by atoms with Gasteiger partial charge in [0.1, 0.15) is 0 Å². The smallest absolute Gasteiger partial charge is 0.328 e. The van der Waals surface area contributed by atoms with Crippen LogP contribution in [0.1, 0.15) is 0 Å². The van der Waals surface area contributed by atoms with E-state index in [1.54, 1.807) is 9.97 Å². The van der Waals surface area contributed by atoms with Gasteiger partial charge in [-0.3, -0.25) is 14.8 Å². The van der Waals surface area contributed by atoms with Crippen molar-refractivity contribution in [2.75, 3.05) is 0 Å². The number of hydrogen-bond acceptors (Lipinski definition) is 3. The standard InChI is InChI=1S/C4H3FN2O3.H2O/c5-1-2(8)6-4(10)7-3(1)9;/h(H3,6,7,8,9,10);1H2. The van der Waals surface area contributed by atoms with Crippen LogP contribution in [-0.2, 0) is 0 Å². The molecule has 1 rings (SSSR count). The fourth-order valence-corrected chi connectivity index (χ4v) is 0.459. The van der Waals surface area contributed by atoms with E-state index in [9.17, 15) is 14.0 Å². The first-order chi connectivity index (χ1) is 4.61. The van der Waals surface area contributed by atoms with Crippen LogP contribution in [0.4, 0.5) is 4.39 Å². The Hall–Kier alpha value is -1.63. The first-order valence-electron chi connectivity index (χ1n) is 2.32. The topological polar surface area (TPSA) is 117 Å². The van der Waals surface area contributed by atoms with E-state index < -0.39 is 22.9 Å². The predicted molar refractivity (Wildman–Crippen MR) is 32.9 cm³/mol. The Bertz CT molecular complexity index is 354. The molecule has 62 valence electrons. The fourth-order valence-electron chi connectivity index (χ4n) is 0.459. The number of aromatic hydroxyl groups is 1. The van der Waals surface area contributed by atoms with Crippen LogP contribution in [0, 0.1) is 5.82 Å². The maximum Gasteiger partial charge on any atom is 0.328 e. The molecule has 1 aromatic rings.